The standard InChI is InChI=1S/C16H27N/c1-10-6-7-15-13(8-10)14-9-11-4-2-3-5-12(11)16(14)17-15/h10-17H,2-9H2,1H3. The second-order valence-corrected chi connectivity index (χ2v) is 7.49. The summed E-state index contributed by atoms with van der Waals surface area (Å²) in [5, 5.41) is 4.07. The number of fused-ring (bicyclic) bond motifs is 5. The van der Waals surface area contributed by atoms with Crippen LogP contribution in [-0.2, 0) is 0 Å². The van der Waals surface area contributed by atoms with E-state index in [0.29, 0.717) is 0 Å². The molecule has 7 unspecified atom stereocenters. The van der Waals surface area contributed by atoms with Crippen LogP contribution < -0.4 is 5.32 Å². The Morgan fingerprint density at radius 2 is 1.71 bits per heavy atom. The Kier molecular flexibility index (Phi) is 2.54. The van der Waals surface area contributed by atoms with E-state index in [1.807, 2.05) is 0 Å². The Bertz CT molecular complexity index is 300. The van der Waals surface area contributed by atoms with Crippen molar-refractivity contribution in [3.8, 4) is 0 Å². The summed E-state index contributed by atoms with van der Waals surface area (Å²) < 4.78 is 0. The minimum atomic E-state index is 0.907. The van der Waals surface area contributed by atoms with E-state index in [-0.39, 0.29) is 0 Å². The molecule has 1 heteroatoms. The predicted octanol–water partition coefficient (Wildman–Crippen LogP) is 3.59. The molecule has 0 radical (unpaired) electrons. The van der Waals surface area contributed by atoms with Gasteiger partial charge in [-0.15, -0.1) is 0 Å². The molecule has 0 aromatic carbocycles. The maximum atomic E-state index is 4.07. The molecule has 96 valence electrons. The van der Waals surface area contributed by atoms with E-state index in [4.69, 9.17) is 0 Å². The smallest absolute Gasteiger partial charge is 0.0132 e. The summed E-state index contributed by atoms with van der Waals surface area (Å²) in [6, 6.07) is 1.84. The molecule has 1 heterocycles. The van der Waals surface area contributed by atoms with E-state index in [1.165, 1.54) is 38.5 Å². The van der Waals surface area contributed by atoms with Crippen LogP contribution >= 0.6 is 0 Å². The summed E-state index contributed by atoms with van der Waals surface area (Å²) in [5.74, 6) is 5.28. The molecule has 0 spiro atoms. The van der Waals surface area contributed by atoms with Crippen molar-refractivity contribution < 1.29 is 0 Å². The number of hydrogen-bond acceptors (Lipinski definition) is 1. The molecule has 7 atom stereocenters. The summed E-state index contributed by atoms with van der Waals surface area (Å²) in [4.78, 5) is 0. The van der Waals surface area contributed by atoms with Gasteiger partial charge in [-0.05, 0) is 61.7 Å². The second-order valence-electron chi connectivity index (χ2n) is 7.49. The van der Waals surface area contributed by atoms with Gasteiger partial charge in [-0.3, -0.25) is 0 Å². The predicted molar refractivity (Wildman–Crippen MR) is 70.8 cm³/mol. The molecule has 0 amide bonds. The fourth-order valence-corrected chi connectivity index (χ4v) is 5.86. The van der Waals surface area contributed by atoms with Gasteiger partial charge in [-0.25, -0.2) is 0 Å². The van der Waals surface area contributed by atoms with Crippen LogP contribution in [0.4, 0.5) is 0 Å². The Morgan fingerprint density at radius 3 is 2.65 bits per heavy atom. The van der Waals surface area contributed by atoms with Crippen molar-refractivity contribution in [3.63, 3.8) is 0 Å². The molecule has 4 rings (SSSR count). The molecule has 3 aliphatic carbocycles. The molecule has 17 heavy (non-hydrogen) atoms. The number of nitrogens with one attached hydrogen (secondary N) is 1. The molecule has 0 aromatic heterocycles. The van der Waals surface area contributed by atoms with Crippen molar-refractivity contribution in [3.05, 3.63) is 0 Å². The molecular weight excluding hydrogens is 206 g/mol. The molecule has 4 aliphatic rings. The largest absolute Gasteiger partial charge is 0.310 e. The Balaban J connectivity index is 1.55. The van der Waals surface area contributed by atoms with Crippen LogP contribution in [0, 0.1) is 29.6 Å². The van der Waals surface area contributed by atoms with Crippen LogP contribution in [-0.4, -0.2) is 12.1 Å². The first kappa shape index (κ1) is 10.8. The van der Waals surface area contributed by atoms with Gasteiger partial charge in [0.15, 0.2) is 0 Å². The third-order valence-electron chi connectivity index (χ3n) is 6.58. The fraction of sp³-hybridized carbons (Fsp3) is 1.00. The summed E-state index contributed by atoms with van der Waals surface area (Å²) in [6.07, 6.45) is 12.2. The minimum absolute atomic E-state index is 0.907. The lowest BCUT2D eigenvalue weighted by molar-refractivity contribution is 0.197. The van der Waals surface area contributed by atoms with Gasteiger partial charge in [-0.1, -0.05) is 26.2 Å². The molecule has 1 N–H and O–H groups in total. The van der Waals surface area contributed by atoms with Crippen molar-refractivity contribution in [2.45, 2.75) is 70.4 Å². The molecule has 1 saturated heterocycles. The summed E-state index contributed by atoms with van der Waals surface area (Å²) in [6.45, 7) is 2.48. The van der Waals surface area contributed by atoms with Crippen molar-refractivity contribution in [1.82, 2.24) is 5.32 Å². The number of rotatable bonds is 0. The molecule has 1 aliphatic heterocycles. The minimum Gasteiger partial charge on any atom is -0.310 e. The monoisotopic (exact) mass is 233 g/mol. The first-order chi connectivity index (χ1) is 8.33. The molecular formula is C16H27N. The quantitative estimate of drug-likeness (QED) is 0.674. The van der Waals surface area contributed by atoms with E-state index < -0.39 is 0 Å². The Morgan fingerprint density at radius 1 is 0.824 bits per heavy atom. The molecule has 1 nitrogen and oxygen atoms in total. The highest BCUT2D eigenvalue weighted by molar-refractivity contribution is 5.08. The summed E-state index contributed by atoms with van der Waals surface area (Å²) >= 11 is 0. The van der Waals surface area contributed by atoms with Crippen LogP contribution in [0.1, 0.15) is 58.3 Å². The van der Waals surface area contributed by atoms with E-state index in [0.717, 1.165) is 41.7 Å². The van der Waals surface area contributed by atoms with E-state index >= 15 is 0 Å². The highest BCUT2D eigenvalue weighted by Gasteiger charge is 2.53. The maximum Gasteiger partial charge on any atom is 0.0132 e. The summed E-state index contributed by atoms with van der Waals surface area (Å²) in [7, 11) is 0. The third kappa shape index (κ3) is 1.61. The van der Waals surface area contributed by atoms with Gasteiger partial charge in [0.25, 0.3) is 0 Å². The SMILES string of the molecule is CC1CCC2NC3C4CCCCC4CC3C2C1. The lowest BCUT2D eigenvalue weighted by Crippen LogP contribution is -2.39. The van der Waals surface area contributed by atoms with Crippen LogP contribution in [0.15, 0.2) is 0 Å². The van der Waals surface area contributed by atoms with E-state index in [2.05, 4.69) is 12.2 Å². The summed E-state index contributed by atoms with van der Waals surface area (Å²) in [5.41, 5.74) is 0. The van der Waals surface area contributed by atoms with Crippen LogP contribution in [0.3, 0.4) is 0 Å². The highest BCUT2D eigenvalue weighted by Crippen LogP contribution is 2.54. The van der Waals surface area contributed by atoms with Crippen molar-refractivity contribution >= 4 is 0 Å². The first-order valence-electron chi connectivity index (χ1n) is 8.09. The lowest BCUT2D eigenvalue weighted by atomic mass is 9.74. The molecule has 3 saturated carbocycles. The average molecular weight is 233 g/mol. The van der Waals surface area contributed by atoms with E-state index in [1.54, 1.807) is 12.8 Å². The number of hydrogen-bond donors (Lipinski definition) is 1. The van der Waals surface area contributed by atoms with Gasteiger partial charge in [-0.2, -0.15) is 0 Å². The van der Waals surface area contributed by atoms with Gasteiger partial charge < -0.3 is 5.32 Å². The highest BCUT2D eigenvalue weighted by atomic mass is 15.0. The van der Waals surface area contributed by atoms with Crippen LogP contribution in [0.25, 0.3) is 0 Å². The fourth-order valence-electron chi connectivity index (χ4n) is 5.86. The molecule has 4 fully saturated rings. The normalized spacial score (nSPS) is 57.4. The first-order valence-corrected chi connectivity index (χ1v) is 8.09. The van der Waals surface area contributed by atoms with Gasteiger partial charge in [0.2, 0.25) is 0 Å². The zero-order chi connectivity index (χ0) is 11.4. The third-order valence-corrected chi connectivity index (χ3v) is 6.58. The van der Waals surface area contributed by atoms with Crippen LogP contribution in [0.5, 0.6) is 0 Å². The maximum absolute atomic E-state index is 4.07. The van der Waals surface area contributed by atoms with Gasteiger partial charge in [0.1, 0.15) is 0 Å². The van der Waals surface area contributed by atoms with E-state index in [9.17, 15) is 0 Å². The second kappa shape index (κ2) is 3.98. The Hall–Kier alpha value is -0.0400. The van der Waals surface area contributed by atoms with Gasteiger partial charge in [0.05, 0.1) is 0 Å². The van der Waals surface area contributed by atoms with Crippen LogP contribution in [0.2, 0.25) is 0 Å². The zero-order valence-electron chi connectivity index (χ0n) is 11.2. The van der Waals surface area contributed by atoms with Crippen molar-refractivity contribution in [1.29, 1.82) is 0 Å². The van der Waals surface area contributed by atoms with Gasteiger partial charge >= 0.3 is 0 Å². The zero-order valence-corrected chi connectivity index (χ0v) is 11.2. The van der Waals surface area contributed by atoms with Crippen molar-refractivity contribution in [2.24, 2.45) is 29.6 Å². The Labute approximate surface area is 106 Å². The molecule has 0 bridgehead atoms. The average Bonchev–Trinajstić information content (AvgIpc) is 2.85. The van der Waals surface area contributed by atoms with Crippen molar-refractivity contribution in [2.75, 3.05) is 0 Å². The topological polar surface area (TPSA) is 12.0 Å². The van der Waals surface area contributed by atoms with Gasteiger partial charge in [0, 0.05) is 12.1 Å². The lowest BCUT2D eigenvalue weighted by Gasteiger charge is -2.34. The molecule has 0 aromatic rings.